The Labute approximate surface area is 192 Å². The second kappa shape index (κ2) is 8.18. The van der Waals surface area contributed by atoms with Gasteiger partial charge in [-0.15, -0.1) is 5.10 Å². The van der Waals surface area contributed by atoms with Crippen molar-refractivity contribution in [2.24, 2.45) is 5.10 Å². The molecule has 170 valence electrons. The summed E-state index contributed by atoms with van der Waals surface area (Å²) in [6.07, 6.45) is 2.89. The quantitative estimate of drug-likeness (QED) is 0.435. The molecule has 2 aliphatic rings. The molecule has 0 unspecified atom stereocenters. The van der Waals surface area contributed by atoms with Gasteiger partial charge in [0.05, 0.1) is 11.4 Å². The summed E-state index contributed by atoms with van der Waals surface area (Å²) in [6, 6.07) is 13.0. The zero-order chi connectivity index (χ0) is 23.8. The standard InChI is InChI=1S/C22H16N7O5/c1-2-19(30)23-14-6-4-7-15(12-14)24-22(31)13-5-3-8-16(11-13)27-25-20-17(28(27)32)9-10-18-21(20)26-34-29(18)33/h2-9,11-12H,1,10H2,(H,23,30)(H,24,31)/q-1. The number of hydrogen-bond acceptors (Lipinski definition) is 9. The van der Waals surface area contributed by atoms with Crippen LogP contribution in [0.15, 0.2) is 82.7 Å². The van der Waals surface area contributed by atoms with Gasteiger partial charge in [0.25, 0.3) is 11.6 Å². The minimum Gasteiger partial charge on any atom is -0.737 e. The van der Waals surface area contributed by atoms with Gasteiger partial charge in [-0.2, -0.15) is 5.12 Å². The molecule has 0 saturated carbocycles. The lowest BCUT2D eigenvalue weighted by atomic mass is 10.0. The number of nitrogens with zero attached hydrogens (tertiary/aromatic N) is 5. The van der Waals surface area contributed by atoms with Crippen molar-refractivity contribution >= 4 is 34.6 Å². The molecule has 3 aromatic rings. The fourth-order valence-electron chi connectivity index (χ4n) is 3.54. The predicted molar refractivity (Wildman–Crippen MR) is 121 cm³/mol. The summed E-state index contributed by atoms with van der Waals surface area (Å²) < 4.78 is 4.62. The van der Waals surface area contributed by atoms with E-state index < -0.39 is 5.91 Å². The number of rotatable bonds is 5. The molecule has 2 heterocycles. The van der Waals surface area contributed by atoms with E-state index in [1.54, 1.807) is 48.5 Å². The van der Waals surface area contributed by atoms with Gasteiger partial charge in [0.15, 0.2) is 5.71 Å². The van der Waals surface area contributed by atoms with E-state index in [2.05, 4.69) is 32.1 Å². The monoisotopic (exact) mass is 458 g/mol. The molecule has 1 aliphatic heterocycles. The summed E-state index contributed by atoms with van der Waals surface area (Å²) in [5, 5.41) is 39.5. The number of hydrazone groups is 1. The molecule has 2 aromatic carbocycles. The zero-order valence-electron chi connectivity index (χ0n) is 17.5. The first-order valence-electron chi connectivity index (χ1n) is 10.0. The zero-order valence-corrected chi connectivity index (χ0v) is 17.5. The number of benzene rings is 2. The van der Waals surface area contributed by atoms with E-state index in [9.17, 15) is 20.0 Å². The van der Waals surface area contributed by atoms with Gasteiger partial charge in [-0.25, -0.2) is 0 Å². The molecular weight excluding hydrogens is 442 g/mol. The lowest BCUT2D eigenvalue weighted by molar-refractivity contribution is -0.807. The average Bonchev–Trinajstić information content (AvgIpc) is 3.39. The molecule has 1 aliphatic carbocycles. The second-order valence-corrected chi connectivity index (χ2v) is 7.31. The van der Waals surface area contributed by atoms with Gasteiger partial charge in [0.1, 0.15) is 0 Å². The van der Waals surface area contributed by atoms with Crippen LogP contribution in [-0.4, -0.2) is 27.9 Å². The van der Waals surface area contributed by atoms with E-state index in [-0.39, 0.29) is 45.6 Å². The van der Waals surface area contributed by atoms with Gasteiger partial charge in [-0.05, 0) is 53.5 Å². The van der Waals surface area contributed by atoms with Gasteiger partial charge < -0.3 is 26.2 Å². The van der Waals surface area contributed by atoms with Crippen molar-refractivity contribution in [1.29, 1.82) is 0 Å². The van der Waals surface area contributed by atoms with Crippen molar-refractivity contribution in [3.63, 3.8) is 0 Å². The molecular formula is C22H16N7O5-. The number of hydroxylamine groups is 1. The Hall–Kier alpha value is -4.97. The lowest BCUT2D eigenvalue weighted by Crippen LogP contribution is -2.32. The third-order valence-electron chi connectivity index (χ3n) is 5.14. The Morgan fingerprint density at radius 2 is 1.91 bits per heavy atom. The van der Waals surface area contributed by atoms with E-state index >= 15 is 0 Å². The molecule has 12 heteroatoms. The van der Waals surface area contributed by atoms with E-state index in [4.69, 9.17) is 0 Å². The highest BCUT2D eigenvalue weighted by Gasteiger charge is 2.37. The maximum Gasteiger partial charge on any atom is 0.274 e. The highest BCUT2D eigenvalue weighted by molar-refractivity contribution is 6.14. The number of anilines is 3. The van der Waals surface area contributed by atoms with E-state index in [0.717, 1.165) is 11.2 Å². The van der Waals surface area contributed by atoms with E-state index in [1.165, 1.54) is 6.07 Å². The highest BCUT2D eigenvalue weighted by atomic mass is 16.8. The summed E-state index contributed by atoms with van der Waals surface area (Å²) in [4.78, 5) is 24.6. The van der Waals surface area contributed by atoms with Crippen LogP contribution in [0.5, 0.6) is 0 Å². The first kappa shape index (κ1) is 20.9. The highest BCUT2D eigenvalue weighted by Crippen LogP contribution is 2.32. The van der Waals surface area contributed by atoms with Crippen molar-refractivity contribution in [2.75, 3.05) is 15.8 Å². The van der Waals surface area contributed by atoms with Crippen molar-refractivity contribution in [1.82, 2.24) is 10.3 Å². The Kier molecular flexibility index (Phi) is 5.03. The third kappa shape index (κ3) is 3.63. The number of fused-ring (bicyclic) bond motifs is 3. The van der Waals surface area contributed by atoms with Crippen molar-refractivity contribution < 1.29 is 19.1 Å². The van der Waals surface area contributed by atoms with Crippen LogP contribution in [0, 0.1) is 10.4 Å². The van der Waals surface area contributed by atoms with E-state index in [1.807, 2.05) is 0 Å². The van der Waals surface area contributed by atoms with E-state index in [0.29, 0.717) is 22.2 Å². The van der Waals surface area contributed by atoms with Gasteiger partial charge in [0, 0.05) is 28.5 Å². The number of carbonyl (C=O) groups is 2. The predicted octanol–water partition coefficient (Wildman–Crippen LogP) is 2.06. The Morgan fingerprint density at radius 3 is 2.71 bits per heavy atom. The number of hydrazine groups is 1. The topological polar surface area (TPSA) is 153 Å². The SMILES string of the molecule is C=CC(=O)Nc1cccc(NC(=O)c2cccc(N3N=C4C(=CCc5c4no[n+]5[O-])N3[O-])c2)c1. The van der Waals surface area contributed by atoms with Crippen LogP contribution in [0.25, 0.3) is 0 Å². The summed E-state index contributed by atoms with van der Waals surface area (Å²) in [7, 11) is 0. The molecule has 0 fully saturated rings. The molecule has 0 saturated heterocycles. The molecule has 12 nitrogen and oxygen atoms in total. The van der Waals surface area contributed by atoms with Crippen LogP contribution < -0.4 is 20.7 Å². The number of aromatic nitrogens is 2. The Bertz CT molecular complexity index is 1390. The van der Waals surface area contributed by atoms with Crippen LogP contribution in [0.4, 0.5) is 17.1 Å². The summed E-state index contributed by atoms with van der Waals surface area (Å²) in [6.45, 7) is 3.40. The van der Waals surface area contributed by atoms with Crippen LogP contribution >= 0.6 is 0 Å². The maximum atomic E-state index is 12.9. The second-order valence-electron chi connectivity index (χ2n) is 7.31. The fourth-order valence-corrected chi connectivity index (χ4v) is 3.54. The number of hydrogen-bond donors (Lipinski definition) is 2. The third-order valence-corrected chi connectivity index (χ3v) is 5.14. The Balaban J connectivity index is 1.38. The van der Waals surface area contributed by atoms with Crippen molar-refractivity contribution in [2.45, 2.75) is 6.42 Å². The summed E-state index contributed by atoms with van der Waals surface area (Å²) >= 11 is 0. The van der Waals surface area contributed by atoms with Gasteiger partial charge >= 0.3 is 0 Å². The smallest absolute Gasteiger partial charge is 0.274 e. The normalized spacial score (nSPS) is 14.0. The molecule has 0 atom stereocenters. The first-order valence-corrected chi connectivity index (χ1v) is 10.0. The van der Waals surface area contributed by atoms with Gasteiger partial charge in [-0.3, -0.25) is 14.2 Å². The molecule has 0 spiro atoms. The minimum atomic E-state index is -0.429. The number of carbonyl (C=O) groups excluding carboxylic acids is 2. The van der Waals surface area contributed by atoms with Crippen molar-refractivity contribution in [3.05, 3.63) is 100 Å². The summed E-state index contributed by atoms with van der Waals surface area (Å²) in [5.41, 5.74) is 2.47. The number of nitrogens with one attached hydrogen (secondary N) is 2. The van der Waals surface area contributed by atoms with Crippen LogP contribution in [0.1, 0.15) is 21.7 Å². The molecule has 0 radical (unpaired) electrons. The van der Waals surface area contributed by atoms with Crippen molar-refractivity contribution in [3.8, 4) is 0 Å². The molecule has 2 N–H and O–H groups in total. The van der Waals surface area contributed by atoms with Crippen LogP contribution in [-0.2, 0) is 11.2 Å². The van der Waals surface area contributed by atoms with Gasteiger partial charge in [0.2, 0.25) is 11.6 Å². The lowest BCUT2D eigenvalue weighted by Gasteiger charge is -2.34. The molecule has 34 heavy (non-hydrogen) atoms. The van der Waals surface area contributed by atoms with Crippen LogP contribution in [0.3, 0.4) is 0 Å². The molecule has 1 aromatic heterocycles. The minimum absolute atomic E-state index is 0.179. The summed E-state index contributed by atoms with van der Waals surface area (Å²) in [5.74, 6) is -0.801. The van der Waals surface area contributed by atoms with Gasteiger partial charge in [-0.1, -0.05) is 18.7 Å². The first-order chi connectivity index (χ1) is 16.4. The average molecular weight is 458 g/mol. The number of amides is 2. The Morgan fingerprint density at radius 1 is 1.15 bits per heavy atom. The largest absolute Gasteiger partial charge is 0.737 e. The van der Waals surface area contributed by atoms with Crippen LogP contribution in [0.2, 0.25) is 0 Å². The number of allylic oxidation sites excluding steroid dienone is 2. The molecule has 5 rings (SSSR count). The maximum absolute atomic E-state index is 12.9. The molecule has 0 bridgehead atoms. The fraction of sp³-hybridized carbons (Fsp3) is 0.0455. The molecule has 2 amide bonds.